The molecule has 5 rings (SSSR count). The molecule has 4 nitrogen and oxygen atoms in total. The summed E-state index contributed by atoms with van der Waals surface area (Å²) in [6.07, 6.45) is 10.8. The quantitative estimate of drug-likeness (QED) is 0.509. The molecule has 0 unspecified atom stereocenters. The highest BCUT2D eigenvalue weighted by atomic mass is 16.5. The summed E-state index contributed by atoms with van der Waals surface area (Å²) in [6.45, 7) is 9.09. The van der Waals surface area contributed by atoms with Gasteiger partial charge in [0.05, 0.1) is 6.61 Å². The summed E-state index contributed by atoms with van der Waals surface area (Å²) in [4.78, 5) is 37.5. The fraction of sp³-hybridized carbons (Fsp3) is 0.821. The molecule has 9 atom stereocenters. The van der Waals surface area contributed by atoms with Gasteiger partial charge in [-0.25, -0.2) is 0 Å². The number of carbonyl (C=O) groups is 3. The molecule has 0 saturated heterocycles. The summed E-state index contributed by atoms with van der Waals surface area (Å²) >= 11 is 0. The number of rotatable bonds is 6. The second-order valence-corrected chi connectivity index (χ2v) is 12.1. The van der Waals surface area contributed by atoms with Crippen LogP contribution in [-0.2, 0) is 19.1 Å². The zero-order valence-corrected chi connectivity index (χ0v) is 20.3. The van der Waals surface area contributed by atoms with Gasteiger partial charge in [-0.15, -0.1) is 0 Å². The number of hydrogen-bond acceptors (Lipinski definition) is 4. The van der Waals surface area contributed by atoms with Crippen molar-refractivity contribution in [3.8, 4) is 0 Å². The third-order valence-electron chi connectivity index (χ3n) is 10.7. The molecule has 176 valence electrons. The molecule has 5 aliphatic rings. The summed E-state index contributed by atoms with van der Waals surface area (Å²) in [5.74, 6) is 3.33. The lowest BCUT2D eigenvalue weighted by atomic mass is 9.44. The fourth-order valence-corrected chi connectivity index (χ4v) is 9.08. The Morgan fingerprint density at radius 2 is 1.88 bits per heavy atom. The van der Waals surface area contributed by atoms with E-state index in [2.05, 4.69) is 20.8 Å². The first-order chi connectivity index (χ1) is 15.2. The van der Waals surface area contributed by atoms with E-state index in [4.69, 9.17) is 4.74 Å². The molecule has 0 amide bonds. The maximum atomic E-state index is 12.7. The number of esters is 1. The van der Waals surface area contributed by atoms with Gasteiger partial charge in [0, 0.05) is 24.2 Å². The van der Waals surface area contributed by atoms with Crippen LogP contribution in [-0.4, -0.2) is 24.1 Å². The van der Waals surface area contributed by atoms with Gasteiger partial charge in [-0.3, -0.25) is 14.4 Å². The third-order valence-corrected chi connectivity index (χ3v) is 10.7. The first-order valence-corrected chi connectivity index (χ1v) is 13.1. The highest BCUT2D eigenvalue weighted by molar-refractivity contribution is 5.96. The molecule has 0 aromatic heterocycles. The molecule has 4 heteroatoms. The first-order valence-electron chi connectivity index (χ1n) is 13.1. The van der Waals surface area contributed by atoms with Crippen LogP contribution in [0.1, 0.15) is 85.5 Å². The molecule has 0 aliphatic heterocycles. The van der Waals surface area contributed by atoms with Crippen LogP contribution in [0.25, 0.3) is 0 Å². The Morgan fingerprint density at radius 3 is 2.59 bits per heavy atom. The van der Waals surface area contributed by atoms with Gasteiger partial charge >= 0.3 is 5.97 Å². The monoisotopic (exact) mass is 440 g/mol. The van der Waals surface area contributed by atoms with Gasteiger partial charge in [0.15, 0.2) is 5.78 Å². The van der Waals surface area contributed by atoms with Gasteiger partial charge in [0.25, 0.3) is 0 Å². The van der Waals surface area contributed by atoms with Crippen LogP contribution in [0.15, 0.2) is 11.6 Å². The average molecular weight is 441 g/mol. The predicted octanol–water partition coefficient (Wildman–Crippen LogP) is 5.54. The third kappa shape index (κ3) is 3.18. The van der Waals surface area contributed by atoms with Gasteiger partial charge in [0.2, 0.25) is 0 Å². The van der Waals surface area contributed by atoms with Crippen molar-refractivity contribution in [3.63, 3.8) is 0 Å². The lowest BCUT2D eigenvalue weighted by molar-refractivity contribution is -0.147. The summed E-state index contributed by atoms with van der Waals surface area (Å²) in [5.41, 5.74) is 1.45. The van der Waals surface area contributed by atoms with E-state index in [1.165, 1.54) is 5.57 Å². The molecule has 0 radical (unpaired) electrons. The number of fused-ring (bicyclic) bond motifs is 7. The van der Waals surface area contributed by atoms with Crippen LogP contribution < -0.4 is 0 Å². The van der Waals surface area contributed by atoms with Crippen molar-refractivity contribution in [1.29, 1.82) is 0 Å². The lowest BCUT2D eigenvalue weighted by Crippen LogP contribution is -2.54. The lowest BCUT2D eigenvalue weighted by Gasteiger charge is -2.60. The highest BCUT2D eigenvalue weighted by Gasteiger charge is 2.67. The van der Waals surface area contributed by atoms with Gasteiger partial charge in [-0.2, -0.15) is 0 Å². The molecule has 0 N–H and O–H groups in total. The van der Waals surface area contributed by atoms with Gasteiger partial charge in [-0.1, -0.05) is 32.8 Å². The topological polar surface area (TPSA) is 60.4 Å². The normalized spacial score (nSPS) is 46.3. The minimum atomic E-state index is -0.103. The first kappa shape index (κ1) is 22.3. The van der Waals surface area contributed by atoms with E-state index >= 15 is 0 Å². The SMILES string of the molecule is CCCCC(=O)OC[C@H]1C[C@H]2[C@@H]3CC[C@H](C(C)=O)[C@@]3(C)CC[C@@H]2[C@]2(C)C1=CC(=O)[C@@H]1C[C@@H]12. The Morgan fingerprint density at radius 1 is 1.09 bits per heavy atom. The summed E-state index contributed by atoms with van der Waals surface area (Å²) < 4.78 is 5.79. The van der Waals surface area contributed by atoms with Crippen molar-refractivity contribution in [2.24, 2.45) is 52.3 Å². The maximum absolute atomic E-state index is 12.7. The standard InChI is InChI=1S/C28H40O4/c1-5-6-7-26(31)32-15-17-12-18-21-9-8-20(16(2)29)27(21,3)11-10-22(18)28(4)23(17)14-25(30)19-13-24(19)28/h14,17-22,24H,5-13,15H2,1-4H3/t17-,18+,19-,20-,21+,22+,24+,27-,28-/m1/s1. The van der Waals surface area contributed by atoms with Crippen LogP contribution in [0.2, 0.25) is 0 Å². The molecule has 0 aromatic carbocycles. The Bertz CT molecular complexity index is 857. The number of carbonyl (C=O) groups excluding carboxylic acids is 3. The summed E-state index contributed by atoms with van der Waals surface area (Å²) in [5, 5.41) is 0. The Kier molecular flexibility index (Phi) is 5.45. The van der Waals surface area contributed by atoms with E-state index in [1.54, 1.807) is 6.92 Å². The number of Topliss-reactive ketones (excluding diaryl/α,β-unsaturated/α-hetero) is 1. The molecule has 32 heavy (non-hydrogen) atoms. The fourth-order valence-electron chi connectivity index (χ4n) is 9.08. The Labute approximate surface area is 192 Å². The van der Waals surface area contributed by atoms with Crippen molar-refractivity contribution in [2.75, 3.05) is 6.61 Å². The Balaban J connectivity index is 1.45. The van der Waals surface area contributed by atoms with E-state index in [1.807, 2.05) is 6.08 Å². The zero-order chi connectivity index (χ0) is 22.8. The number of ketones is 2. The van der Waals surface area contributed by atoms with E-state index in [-0.39, 0.29) is 34.6 Å². The van der Waals surface area contributed by atoms with E-state index in [9.17, 15) is 14.4 Å². The van der Waals surface area contributed by atoms with Gasteiger partial charge < -0.3 is 4.74 Å². The molecule has 4 fully saturated rings. The molecule has 0 aromatic rings. The largest absolute Gasteiger partial charge is 0.465 e. The minimum Gasteiger partial charge on any atom is -0.465 e. The van der Waals surface area contributed by atoms with E-state index in [0.717, 1.165) is 51.4 Å². The molecule has 0 spiro atoms. The second kappa shape index (κ2) is 7.81. The van der Waals surface area contributed by atoms with Crippen LogP contribution in [0.4, 0.5) is 0 Å². The van der Waals surface area contributed by atoms with Crippen molar-refractivity contribution in [2.45, 2.75) is 85.5 Å². The van der Waals surface area contributed by atoms with Gasteiger partial charge in [-0.05, 0) is 92.4 Å². The summed E-state index contributed by atoms with van der Waals surface area (Å²) in [6, 6.07) is 0. The number of ether oxygens (including phenoxy) is 1. The van der Waals surface area contributed by atoms with Crippen LogP contribution in [0.5, 0.6) is 0 Å². The van der Waals surface area contributed by atoms with Gasteiger partial charge in [0.1, 0.15) is 5.78 Å². The zero-order valence-electron chi connectivity index (χ0n) is 20.3. The maximum Gasteiger partial charge on any atom is 0.305 e. The van der Waals surface area contributed by atoms with Crippen LogP contribution >= 0.6 is 0 Å². The van der Waals surface area contributed by atoms with Crippen molar-refractivity contribution < 1.29 is 19.1 Å². The Hall–Kier alpha value is -1.45. The van der Waals surface area contributed by atoms with Crippen LogP contribution in [0, 0.1) is 52.3 Å². The van der Waals surface area contributed by atoms with Crippen molar-refractivity contribution in [3.05, 3.63) is 11.6 Å². The minimum absolute atomic E-state index is 0.0532. The summed E-state index contributed by atoms with van der Waals surface area (Å²) in [7, 11) is 0. The molecule has 0 heterocycles. The molecule has 5 aliphatic carbocycles. The van der Waals surface area contributed by atoms with E-state index < -0.39 is 0 Å². The molecular formula is C28H40O4. The smallest absolute Gasteiger partial charge is 0.305 e. The number of unbranched alkanes of at least 4 members (excludes halogenated alkanes) is 1. The molecular weight excluding hydrogens is 400 g/mol. The second-order valence-electron chi connectivity index (χ2n) is 12.1. The average Bonchev–Trinajstić information content (AvgIpc) is 3.49. The van der Waals surface area contributed by atoms with Crippen molar-refractivity contribution in [1.82, 2.24) is 0 Å². The van der Waals surface area contributed by atoms with E-state index in [0.29, 0.717) is 48.3 Å². The highest BCUT2D eigenvalue weighted by Crippen LogP contribution is 2.72. The van der Waals surface area contributed by atoms with Crippen molar-refractivity contribution >= 4 is 17.5 Å². The van der Waals surface area contributed by atoms with Crippen LogP contribution in [0.3, 0.4) is 0 Å². The predicted molar refractivity (Wildman–Crippen MR) is 123 cm³/mol. The molecule has 0 bridgehead atoms. The number of hydrogen-bond donors (Lipinski definition) is 0. The molecule has 4 saturated carbocycles.